The van der Waals surface area contributed by atoms with Crippen molar-refractivity contribution in [1.82, 2.24) is 0 Å². The van der Waals surface area contributed by atoms with Crippen molar-refractivity contribution in [2.45, 2.75) is 44.9 Å². The summed E-state index contributed by atoms with van der Waals surface area (Å²) >= 11 is 0. The van der Waals surface area contributed by atoms with Gasteiger partial charge in [-0.25, -0.2) is 4.39 Å². The van der Waals surface area contributed by atoms with E-state index in [-0.39, 0.29) is 5.82 Å². The Balaban J connectivity index is 1.58. The molecule has 20 heavy (non-hydrogen) atoms. The third kappa shape index (κ3) is 3.25. The van der Waals surface area contributed by atoms with Crippen LogP contribution in [0.15, 0.2) is 18.2 Å². The van der Waals surface area contributed by atoms with Gasteiger partial charge in [-0.3, -0.25) is 0 Å². The molecule has 0 aromatic heterocycles. The molecule has 1 aliphatic heterocycles. The first kappa shape index (κ1) is 13.7. The van der Waals surface area contributed by atoms with Gasteiger partial charge in [-0.05, 0) is 49.8 Å². The molecule has 110 valence electrons. The zero-order chi connectivity index (χ0) is 13.8. The van der Waals surface area contributed by atoms with Crippen LogP contribution in [0.3, 0.4) is 0 Å². The SMILES string of the molecule is Fc1cc(NCC2CCCCC2)ccc1N1CCCC1. The number of rotatable bonds is 4. The Bertz CT molecular complexity index is 435. The standard InChI is InChI=1S/C17H25FN2/c18-16-12-15(19-13-14-6-2-1-3-7-14)8-9-17(16)20-10-4-5-11-20/h8-9,12,14,19H,1-7,10-11,13H2. The molecule has 1 saturated heterocycles. The molecule has 3 rings (SSSR count). The van der Waals surface area contributed by atoms with Gasteiger partial charge in [0.1, 0.15) is 5.82 Å². The minimum absolute atomic E-state index is 0.0828. The fourth-order valence-electron chi connectivity index (χ4n) is 3.48. The van der Waals surface area contributed by atoms with Crippen LogP contribution in [0.5, 0.6) is 0 Å². The Kier molecular flexibility index (Phi) is 4.44. The fourth-order valence-corrected chi connectivity index (χ4v) is 3.48. The van der Waals surface area contributed by atoms with Crippen molar-refractivity contribution < 1.29 is 4.39 Å². The van der Waals surface area contributed by atoms with Crippen LogP contribution in [0.25, 0.3) is 0 Å². The molecule has 2 aliphatic rings. The van der Waals surface area contributed by atoms with Crippen LogP contribution in [-0.4, -0.2) is 19.6 Å². The Morgan fingerprint density at radius 2 is 1.80 bits per heavy atom. The van der Waals surface area contributed by atoms with Crippen molar-refractivity contribution in [3.63, 3.8) is 0 Å². The van der Waals surface area contributed by atoms with Crippen LogP contribution < -0.4 is 10.2 Å². The lowest BCUT2D eigenvalue weighted by Crippen LogP contribution is -2.19. The summed E-state index contributed by atoms with van der Waals surface area (Å²) in [6.07, 6.45) is 9.10. The number of nitrogens with one attached hydrogen (secondary N) is 1. The molecule has 1 N–H and O–H groups in total. The number of hydrogen-bond acceptors (Lipinski definition) is 2. The van der Waals surface area contributed by atoms with Gasteiger partial charge in [-0.15, -0.1) is 0 Å². The molecule has 1 aromatic carbocycles. The maximum atomic E-state index is 14.2. The Morgan fingerprint density at radius 1 is 1.05 bits per heavy atom. The second-order valence-electron chi connectivity index (χ2n) is 6.25. The van der Waals surface area contributed by atoms with Crippen molar-refractivity contribution in [3.8, 4) is 0 Å². The molecular formula is C17H25FN2. The van der Waals surface area contributed by atoms with Crippen LogP contribution in [0.4, 0.5) is 15.8 Å². The Labute approximate surface area is 121 Å². The molecule has 0 amide bonds. The first-order chi connectivity index (χ1) is 9.83. The second-order valence-corrected chi connectivity index (χ2v) is 6.25. The quantitative estimate of drug-likeness (QED) is 0.876. The van der Waals surface area contributed by atoms with E-state index in [1.807, 2.05) is 12.1 Å². The van der Waals surface area contributed by atoms with E-state index in [4.69, 9.17) is 0 Å². The van der Waals surface area contributed by atoms with Gasteiger partial charge in [-0.2, -0.15) is 0 Å². The molecule has 3 heteroatoms. The van der Waals surface area contributed by atoms with Gasteiger partial charge in [-0.1, -0.05) is 19.3 Å². The monoisotopic (exact) mass is 276 g/mol. The molecule has 1 heterocycles. The van der Waals surface area contributed by atoms with Gasteiger partial charge in [0, 0.05) is 25.3 Å². The summed E-state index contributed by atoms with van der Waals surface area (Å²) in [6.45, 7) is 2.97. The highest BCUT2D eigenvalue weighted by Gasteiger charge is 2.17. The molecule has 0 bridgehead atoms. The van der Waals surface area contributed by atoms with Crippen molar-refractivity contribution in [2.75, 3.05) is 29.9 Å². The van der Waals surface area contributed by atoms with E-state index in [1.165, 1.54) is 44.9 Å². The molecule has 2 nitrogen and oxygen atoms in total. The Hall–Kier alpha value is -1.25. The lowest BCUT2D eigenvalue weighted by molar-refractivity contribution is 0.373. The molecular weight excluding hydrogens is 251 g/mol. The highest BCUT2D eigenvalue weighted by molar-refractivity contribution is 5.56. The number of anilines is 2. The molecule has 1 saturated carbocycles. The van der Waals surface area contributed by atoms with Gasteiger partial charge in [0.15, 0.2) is 0 Å². The zero-order valence-electron chi connectivity index (χ0n) is 12.2. The minimum atomic E-state index is -0.0828. The van der Waals surface area contributed by atoms with E-state index in [1.54, 1.807) is 6.07 Å². The van der Waals surface area contributed by atoms with E-state index in [2.05, 4.69) is 10.2 Å². The highest BCUT2D eigenvalue weighted by Crippen LogP contribution is 2.27. The first-order valence-corrected chi connectivity index (χ1v) is 8.11. The van der Waals surface area contributed by atoms with E-state index in [9.17, 15) is 4.39 Å². The van der Waals surface area contributed by atoms with Crippen LogP contribution in [0.2, 0.25) is 0 Å². The topological polar surface area (TPSA) is 15.3 Å². The lowest BCUT2D eigenvalue weighted by atomic mass is 9.89. The fraction of sp³-hybridized carbons (Fsp3) is 0.647. The van der Waals surface area contributed by atoms with E-state index < -0.39 is 0 Å². The predicted octanol–water partition coefficient (Wildman–Crippen LogP) is 4.42. The van der Waals surface area contributed by atoms with Crippen LogP contribution in [-0.2, 0) is 0 Å². The molecule has 0 atom stereocenters. The van der Waals surface area contributed by atoms with Gasteiger partial charge < -0.3 is 10.2 Å². The molecule has 2 fully saturated rings. The number of benzene rings is 1. The summed E-state index contributed by atoms with van der Waals surface area (Å²) in [5.41, 5.74) is 1.70. The van der Waals surface area contributed by atoms with E-state index in [0.29, 0.717) is 0 Å². The number of hydrogen-bond donors (Lipinski definition) is 1. The summed E-state index contributed by atoms with van der Waals surface area (Å²) in [4.78, 5) is 2.15. The zero-order valence-corrected chi connectivity index (χ0v) is 12.2. The van der Waals surface area contributed by atoms with E-state index >= 15 is 0 Å². The largest absolute Gasteiger partial charge is 0.385 e. The van der Waals surface area contributed by atoms with Gasteiger partial charge >= 0.3 is 0 Å². The third-order valence-corrected chi connectivity index (χ3v) is 4.71. The second kappa shape index (κ2) is 6.47. The first-order valence-electron chi connectivity index (χ1n) is 8.11. The third-order valence-electron chi connectivity index (χ3n) is 4.71. The molecule has 1 aromatic rings. The van der Waals surface area contributed by atoms with Crippen LogP contribution in [0.1, 0.15) is 44.9 Å². The maximum Gasteiger partial charge on any atom is 0.148 e. The van der Waals surface area contributed by atoms with Crippen molar-refractivity contribution >= 4 is 11.4 Å². The smallest absolute Gasteiger partial charge is 0.148 e. The molecule has 0 spiro atoms. The predicted molar refractivity (Wildman–Crippen MR) is 82.9 cm³/mol. The lowest BCUT2D eigenvalue weighted by Gasteiger charge is -2.23. The van der Waals surface area contributed by atoms with Gasteiger partial charge in [0.2, 0.25) is 0 Å². The van der Waals surface area contributed by atoms with Crippen LogP contribution in [0, 0.1) is 11.7 Å². The molecule has 1 aliphatic carbocycles. The van der Waals surface area contributed by atoms with E-state index in [0.717, 1.165) is 36.9 Å². The average molecular weight is 276 g/mol. The van der Waals surface area contributed by atoms with Crippen molar-refractivity contribution in [3.05, 3.63) is 24.0 Å². The van der Waals surface area contributed by atoms with Crippen LogP contribution >= 0.6 is 0 Å². The van der Waals surface area contributed by atoms with Gasteiger partial charge in [0.25, 0.3) is 0 Å². The summed E-state index contributed by atoms with van der Waals surface area (Å²) in [5, 5.41) is 3.41. The number of nitrogens with zero attached hydrogens (tertiary/aromatic N) is 1. The maximum absolute atomic E-state index is 14.2. The van der Waals surface area contributed by atoms with Crippen molar-refractivity contribution in [1.29, 1.82) is 0 Å². The summed E-state index contributed by atoms with van der Waals surface area (Å²) in [6, 6.07) is 5.62. The minimum Gasteiger partial charge on any atom is -0.385 e. The summed E-state index contributed by atoms with van der Waals surface area (Å²) in [5.74, 6) is 0.686. The molecule has 0 radical (unpaired) electrons. The molecule has 0 unspecified atom stereocenters. The summed E-state index contributed by atoms with van der Waals surface area (Å²) < 4.78 is 14.2. The highest BCUT2D eigenvalue weighted by atomic mass is 19.1. The van der Waals surface area contributed by atoms with Gasteiger partial charge in [0.05, 0.1) is 5.69 Å². The average Bonchev–Trinajstić information content (AvgIpc) is 3.00. The Morgan fingerprint density at radius 3 is 2.50 bits per heavy atom. The number of halogens is 1. The van der Waals surface area contributed by atoms with Crippen molar-refractivity contribution in [2.24, 2.45) is 5.92 Å². The normalized spacial score (nSPS) is 20.4. The summed E-state index contributed by atoms with van der Waals surface area (Å²) in [7, 11) is 0.